The largest absolute Gasteiger partial charge is 0.567 e. The average molecular weight is 281 g/mol. The van der Waals surface area contributed by atoms with Crippen molar-refractivity contribution in [2.24, 2.45) is 5.92 Å². The van der Waals surface area contributed by atoms with E-state index in [9.17, 15) is 9.77 Å². The molecule has 0 fully saturated rings. The molecule has 0 aromatic rings. The highest BCUT2D eigenvalue weighted by atomic mass is 31.2. The summed E-state index contributed by atoms with van der Waals surface area (Å²) in [6.45, 7) is 13.2. The van der Waals surface area contributed by atoms with Crippen LogP contribution in [0.4, 0.5) is 0 Å². The molecule has 0 N–H and O–H groups in total. The molecule has 6 heteroatoms. The zero-order valence-corrected chi connectivity index (χ0v) is 13.6. The molecule has 0 rings (SSSR count). The van der Waals surface area contributed by atoms with Crippen molar-refractivity contribution in [2.45, 2.75) is 54.0 Å². The van der Waals surface area contributed by atoms with Gasteiger partial charge in [-0.05, 0) is 34.6 Å². The van der Waals surface area contributed by atoms with Gasteiger partial charge in [-0.2, -0.15) is 4.57 Å². The first-order chi connectivity index (χ1) is 8.04. The molecular weight excluding hydrogens is 253 g/mol. The van der Waals surface area contributed by atoms with Gasteiger partial charge in [-0.3, -0.25) is 9.05 Å². The maximum Gasteiger partial charge on any atom is 0.567 e. The van der Waals surface area contributed by atoms with E-state index in [1.807, 2.05) is 13.8 Å². The number of nitrogens with zero attached hydrogens (tertiary/aromatic N) is 1. The molecule has 0 bridgehead atoms. The summed E-state index contributed by atoms with van der Waals surface area (Å²) >= 11 is 0. The Bertz CT molecular complexity index is 291. The fourth-order valence-corrected chi connectivity index (χ4v) is 4.15. The zero-order chi connectivity index (χ0) is 14.6. The highest BCUT2D eigenvalue weighted by molar-refractivity contribution is 7.47. The molecular formula is C12H28NO4P+. The van der Waals surface area contributed by atoms with Gasteiger partial charge in [-0.1, -0.05) is 18.3 Å². The summed E-state index contributed by atoms with van der Waals surface area (Å²) in [4.78, 5) is 0. The normalized spacial score (nSPS) is 16.9. The lowest BCUT2D eigenvalue weighted by molar-refractivity contribution is -1.08. The number of hydrogen-bond acceptors (Lipinski definition) is 3. The lowest BCUT2D eigenvalue weighted by Gasteiger charge is -2.41. The van der Waals surface area contributed by atoms with Crippen molar-refractivity contribution >= 4 is 7.75 Å². The van der Waals surface area contributed by atoms with Crippen molar-refractivity contribution in [3.63, 3.8) is 0 Å². The van der Waals surface area contributed by atoms with Crippen LogP contribution < -0.4 is 0 Å². The number of hydrogen-bond donors (Lipinski definition) is 0. The van der Waals surface area contributed by atoms with E-state index in [0.29, 0.717) is 0 Å². The van der Waals surface area contributed by atoms with Crippen LogP contribution in [0.5, 0.6) is 0 Å². The lowest BCUT2D eigenvalue weighted by atomic mass is 10.1. The third-order valence-corrected chi connectivity index (χ3v) is 5.36. The molecule has 0 aromatic carbocycles. The topological polar surface area (TPSA) is 55.4 Å². The minimum absolute atomic E-state index is 0.107. The minimum Gasteiger partial charge on any atom is -0.261 e. The van der Waals surface area contributed by atoms with Gasteiger partial charge in [0.05, 0.1) is 13.2 Å². The van der Waals surface area contributed by atoms with Crippen molar-refractivity contribution in [2.75, 3.05) is 19.8 Å². The van der Waals surface area contributed by atoms with Crippen molar-refractivity contribution in [3.05, 3.63) is 0 Å². The van der Waals surface area contributed by atoms with Crippen molar-refractivity contribution in [1.82, 2.24) is 0 Å². The van der Waals surface area contributed by atoms with E-state index in [1.54, 1.807) is 34.6 Å². The van der Waals surface area contributed by atoms with Crippen LogP contribution in [-0.2, 0) is 18.8 Å². The van der Waals surface area contributed by atoms with E-state index in [0.717, 1.165) is 0 Å². The molecule has 18 heavy (non-hydrogen) atoms. The van der Waals surface area contributed by atoms with Crippen LogP contribution in [0.1, 0.15) is 48.5 Å². The van der Waals surface area contributed by atoms with Crippen molar-refractivity contribution in [1.29, 1.82) is 0 Å². The molecule has 0 saturated heterocycles. The van der Waals surface area contributed by atoms with Crippen LogP contribution in [-0.4, -0.2) is 29.7 Å². The molecule has 0 aliphatic carbocycles. The summed E-state index contributed by atoms with van der Waals surface area (Å²) < 4.78 is 22.4. The lowest BCUT2D eigenvalue weighted by Crippen LogP contribution is -2.56. The second-order valence-electron chi connectivity index (χ2n) is 5.75. The summed E-state index contributed by atoms with van der Waals surface area (Å²) in [6, 6.07) is 0. The van der Waals surface area contributed by atoms with Gasteiger partial charge in [0.2, 0.25) is 0 Å². The molecule has 0 aromatic heterocycles. The predicted molar refractivity (Wildman–Crippen MR) is 71.3 cm³/mol. The van der Waals surface area contributed by atoms with Gasteiger partial charge in [0, 0.05) is 11.1 Å². The SMILES string of the molecule is CCOP(=O)(OCC)[N+]([O])(CC(C)C)C(C)(C)C. The van der Waals surface area contributed by atoms with Gasteiger partial charge in [0.25, 0.3) is 0 Å². The van der Waals surface area contributed by atoms with Crippen molar-refractivity contribution < 1.29 is 23.2 Å². The Morgan fingerprint density at radius 3 is 1.72 bits per heavy atom. The van der Waals surface area contributed by atoms with Crippen LogP contribution in [0.25, 0.3) is 0 Å². The zero-order valence-electron chi connectivity index (χ0n) is 12.7. The Balaban J connectivity index is 5.58. The first-order valence-corrected chi connectivity index (χ1v) is 8.02. The molecule has 0 spiro atoms. The van der Waals surface area contributed by atoms with Gasteiger partial charge < -0.3 is 0 Å². The summed E-state index contributed by atoms with van der Waals surface area (Å²) in [5.74, 6) is 0.107. The van der Waals surface area contributed by atoms with Crippen LogP contribution in [0.15, 0.2) is 0 Å². The standard InChI is InChI=1S/C12H28NO4P/c1-8-16-18(15,17-9-2)13(14,10-11(3)4)12(5,6)7/h11H,8-10H2,1-7H3/q+1. The maximum atomic E-state index is 13.2. The van der Waals surface area contributed by atoms with E-state index < -0.39 is 17.7 Å². The quantitative estimate of drug-likeness (QED) is 0.527. The third-order valence-electron chi connectivity index (χ3n) is 2.64. The molecule has 0 aliphatic heterocycles. The summed E-state index contributed by atoms with van der Waals surface area (Å²) in [5.41, 5.74) is -0.760. The van der Waals surface area contributed by atoms with Crippen LogP contribution >= 0.6 is 7.75 Å². The monoisotopic (exact) mass is 281 g/mol. The molecule has 5 nitrogen and oxygen atoms in total. The molecule has 0 saturated carbocycles. The highest BCUT2D eigenvalue weighted by Gasteiger charge is 2.61. The Hall–Kier alpha value is 0.0700. The second-order valence-corrected chi connectivity index (χ2v) is 7.85. The number of rotatable bonds is 7. The minimum atomic E-state index is -3.73. The number of quaternary nitrogens is 1. The van der Waals surface area contributed by atoms with Gasteiger partial charge in [-0.15, -0.1) is 0 Å². The van der Waals surface area contributed by atoms with Gasteiger partial charge in [0.15, 0.2) is 0 Å². The van der Waals surface area contributed by atoms with Crippen LogP contribution in [0.2, 0.25) is 0 Å². The smallest absolute Gasteiger partial charge is 0.261 e. The Morgan fingerprint density at radius 2 is 1.50 bits per heavy atom. The third kappa shape index (κ3) is 3.78. The summed E-state index contributed by atoms with van der Waals surface area (Å²) in [5, 5.41) is 13.2. The number of hydroxylamine groups is 2. The first-order valence-electron chi connectivity index (χ1n) is 6.52. The first kappa shape index (κ1) is 18.1. The Kier molecular flexibility index (Phi) is 6.51. The predicted octanol–water partition coefficient (Wildman–Crippen LogP) is 3.78. The van der Waals surface area contributed by atoms with Gasteiger partial charge in [-0.25, -0.2) is 0 Å². The second kappa shape index (κ2) is 6.49. The van der Waals surface area contributed by atoms with Gasteiger partial charge >= 0.3 is 7.75 Å². The molecule has 109 valence electrons. The molecule has 1 radical (unpaired) electrons. The Labute approximate surface area is 111 Å². The fourth-order valence-electron chi connectivity index (χ4n) is 1.79. The van der Waals surface area contributed by atoms with Gasteiger partial charge in [0.1, 0.15) is 12.1 Å². The van der Waals surface area contributed by atoms with E-state index in [-0.39, 0.29) is 25.7 Å². The summed E-state index contributed by atoms with van der Waals surface area (Å²) in [7, 11) is -3.73. The molecule has 0 heterocycles. The van der Waals surface area contributed by atoms with Crippen molar-refractivity contribution in [3.8, 4) is 0 Å². The molecule has 1 unspecified atom stereocenters. The van der Waals surface area contributed by atoms with E-state index in [2.05, 4.69) is 0 Å². The molecule has 0 amide bonds. The summed E-state index contributed by atoms with van der Waals surface area (Å²) in [6.07, 6.45) is 0. The van der Waals surface area contributed by atoms with E-state index >= 15 is 0 Å². The average Bonchev–Trinajstić information content (AvgIpc) is 2.15. The maximum absolute atomic E-state index is 13.2. The highest BCUT2D eigenvalue weighted by Crippen LogP contribution is 2.61. The van der Waals surface area contributed by atoms with E-state index in [4.69, 9.17) is 9.05 Å². The molecule has 1 atom stereocenters. The Morgan fingerprint density at radius 1 is 1.11 bits per heavy atom. The van der Waals surface area contributed by atoms with E-state index in [1.165, 1.54) is 0 Å². The molecule has 0 aliphatic rings. The van der Waals surface area contributed by atoms with Crippen LogP contribution in [0, 0.1) is 5.92 Å². The fraction of sp³-hybridized carbons (Fsp3) is 1.00. The van der Waals surface area contributed by atoms with Crippen LogP contribution in [0.3, 0.4) is 0 Å².